The van der Waals surface area contributed by atoms with Gasteiger partial charge in [0.1, 0.15) is 5.82 Å². The molecule has 1 aromatic carbocycles. The fraction of sp³-hybridized carbons (Fsp3) is 0.385. The summed E-state index contributed by atoms with van der Waals surface area (Å²) < 4.78 is 13.2. The van der Waals surface area contributed by atoms with Crippen LogP contribution in [0, 0.1) is 11.7 Å². The van der Waals surface area contributed by atoms with Gasteiger partial charge in [-0.15, -0.1) is 0 Å². The van der Waals surface area contributed by atoms with Crippen molar-refractivity contribution in [3.63, 3.8) is 0 Å². The molecule has 1 amide bonds. The molecule has 0 aliphatic carbocycles. The summed E-state index contributed by atoms with van der Waals surface area (Å²) >= 11 is 0. The van der Waals surface area contributed by atoms with Gasteiger partial charge in [-0.25, -0.2) is 9.18 Å². The molecule has 4 N–H and O–H groups in total. The normalized spacial score (nSPS) is 13.7. The monoisotopic (exact) mass is 268 g/mol. The van der Waals surface area contributed by atoms with Crippen LogP contribution in [-0.4, -0.2) is 23.0 Å². The highest BCUT2D eigenvalue weighted by Crippen LogP contribution is 2.16. The van der Waals surface area contributed by atoms with Crippen molar-refractivity contribution in [2.75, 3.05) is 5.32 Å². The summed E-state index contributed by atoms with van der Waals surface area (Å²) in [5.74, 6) is -2.66. The van der Waals surface area contributed by atoms with E-state index < -0.39 is 29.3 Å². The summed E-state index contributed by atoms with van der Waals surface area (Å²) in [7, 11) is 0. The predicted molar refractivity (Wildman–Crippen MR) is 69.4 cm³/mol. The van der Waals surface area contributed by atoms with E-state index >= 15 is 0 Å². The largest absolute Gasteiger partial charge is 0.478 e. The van der Waals surface area contributed by atoms with Gasteiger partial charge in [-0.05, 0) is 24.1 Å². The molecular formula is C13H17FN2O3. The number of rotatable bonds is 5. The van der Waals surface area contributed by atoms with Crippen LogP contribution in [0.4, 0.5) is 10.1 Å². The molecule has 2 atom stereocenters. The van der Waals surface area contributed by atoms with Crippen molar-refractivity contribution in [3.05, 3.63) is 29.6 Å². The van der Waals surface area contributed by atoms with Crippen molar-refractivity contribution in [1.82, 2.24) is 0 Å². The minimum atomic E-state index is -1.39. The summed E-state index contributed by atoms with van der Waals surface area (Å²) in [6.45, 7) is 3.76. The van der Waals surface area contributed by atoms with Crippen LogP contribution >= 0.6 is 0 Å². The Hall–Kier alpha value is -1.95. The van der Waals surface area contributed by atoms with E-state index in [-0.39, 0.29) is 11.6 Å². The summed E-state index contributed by atoms with van der Waals surface area (Å²) in [5, 5.41) is 11.3. The molecule has 0 heterocycles. The van der Waals surface area contributed by atoms with Crippen LogP contribution in [0.2, 0.25) is 0 Å². The first kappa shape index (κ1) is 15.1. The highest BCUT2D eigenvalue weighted by Gasteiger charge is 2.20. The van der Waals surface area contributed by atoms with Crippen molar-refractivity contribution in [1.29, 1.82) is 0 Å². The van der Waals surface area contributed by atoms with E-state index in [1.54, 1.807) is 0 Å². The Bertz CT molecular complexity index is 491. The molecule has 0 fully saturated rings. The second-order valence-corrected chi connectivity index (χ2v) is 4.40. The zero-order valence-electron chi connectivity index (χ0n) is 10.8. The zero-order chi connectivity index (χ0) is 14.6. The van der Waals surface area contributed by atoms with Crippen molar-refractivity contribution < 1.29 is 19.1 Å². The topological polar surface area (TPSA) is 92.4 Å². The number of benzene rings is 1. The third-order valence-electron chi connectivity index (χ3n) is 3.02. The van der Waals surface area contributed by atoms with Crippen molar-refractivity contribution in [2.24, 2.45) is 11.7 Å². The van der Waals surface area contributed by atoms with E-state index in [0.29, 0.717) is 0 Å². The van der Waals surface area contributed by atoms with Crippen LogP contribution < -0.4 is 11.1 Å². The Balaban J connectivity index is 2.86. The SMILES string of the molecule is CC[C@H](C)[C@H](N)C(=O)Nc1ccc(F)c(C(=O)O)c1. The van der Waals surface area contributed by atoms with E-state index in [4.69, 9.17) is 10.8 Å². The highest BCUT2D eigenvalue weighted by atomic mass is 19.1. The van der Waals surface area contributed by atoms with Crippen LogP contribution in [0.15, 0.2) is 18.2 Å². The van der Waals surface area contributed by atoms with Crippen LogP contribution in [0.5, 0.6) is 0 Å². The Morgan fingerprint density at radius 1 is 1.47 bits per heavy atom. The first-order valence-electron chi connectivity index (χ1n) is 5.96. The quantitative estimate of drug-likeness (QED) is 0.759. The Labute approximate surface area is 110 Å². The number of carbonyl (C=O) groups excluding carboxylic acids is 1. The molecule has 6 heteroatoms. The lowest BCUT2D eigenvalue weighted by Crippen LogP contribution is -2.40. The number of anilines is 1. The maximum absolute atomic E-state index is 13.2. The van der Waals surface area contributed by atoms with Crippen LogP contribution in [0.3, 0.4) is 0 Å². The minimum Gasteiger partial charge on any atom is -0.478 e. The Kier molecular flexibility index (Phi) is 5.00. The van der Waals surface area contributed by atoms with Gasteiger partial charge >= 0.3 is 5.97 Å². The van der Waals surface area contributed by atoms with Gasteiger partial charge in [0, 0.05) is 5.69 Å². The van der Waals surface area contributed by atoms with E-state index in [2.05, 4.69) is 5.32 Å². The number of nitrogens with two attached hydrogens (primary N) is 1. The van der Waals surface area contributed by atoms with Gasteiger partial charge in [0.25, 0.3) is 0 Å². The number of halogens is 1. The van der Waals surface area contributed by atoms with E-state index in [9.17, 15) is 14.0 Å². The number of carboxylic acid groups (broad SMARTS) is 1. The van der Waals surface area contributed by atoms with Gasteiger partial charge in [-0.1, -0.05) is 20.3 Å². The smallest absolute Gasteiger partial charge is 0.338 e. The minimum absolute atomic E-state index is 0.000562. The number of amides is 1. The lowest BCUT2D eigenvalue weighted by atomic mass is 9.99. The van der Waals surface area contributed by atoms with Crippen molar-refractivity contribution in [2.45, 2.75) is 26.3 Å². The van der Waals surface area contributed by atoms with Gasteiger partial charge in [-0.3, -0.25) is 4.79 Å². The highest BCUT2D eigenvalue weighted by molar-refractivity contribution is 5.96. The van der Waals surface area contributed by atoms with Crippen LogP contribution in [0.25, 0.3) is 0 Å². The molecule has 1 rings (SSSR count). The number of nitrogens with one attached hydrogen (secondary N) is 1. The number of hydrogen-bond acceptors (Lipinski definition) is 3. The molecule has 0 bridgehead atoms. The maximum Gasteiger partial charge on any atom is 0.338 e. The van der Waals surface area contributed by atoms with Crippen molar-refractivity contribution >= 4 is 17.6 Å². The van der Waals surface area contributed by atoms with Crippen LogP contribution in [0.1, 0.15) is 30.6 Å². The second kappa shape index (κ2) is 6.29. The molecule has 0 spiro atoms. The average molecular weight is 268 g/mol. The van der Waals surface area contributed by atoms with E-state index in [1.807, 2.05) is 13.8 Å². The van der Waals surface area contributed by atoms with E-state index in [1.165, 1.54) is 6.07 Å². The number of aromatic carboxylic acids is 1. The fourth-order valence-corrected chi connectivity index (χ4v) is 1.50. The molecule has 0 aliphatic heterocycles. The maximum atomic E-state index is 13.2. The Morgan fingerprint density at radius 3 is 2.63 bits per heavy atom. The van der Waals surface area contributed by atoms with Crippen molar-refractivity contribution in [3.8, 4) is 0 Å². The number of carbonyl (C=O) groups is 2. The summed E-state index contributed by atoms with van der Waals surface area (Å²) in [5.41, 5.74) is 5.46. The molecule has 0 aromatic heterocycles. The zero-order valence-corrected chi connectivity index (χ0v) is 10.8. The molecule has 0 saturated carbocycles. The lowest BCUT2D eigenvalue weighted by molar-refractivity contribution is -0.118. The van der Waals surface area contributed by atoms with Gasteiger partial charge in [-0.2, -0.15) is 0 Å². The third kappa shape index (κ3) is 3.75. The molecule has 0 radical (unpaired) electrons. The fourth-order valence-electron chi connectivity index (χ4n) is 1.50. The molecule has 0 unspecified atom stereocenters. The molecular weight excluding hydrogens is 251 g/mol. The van der Waals surface area contributed by atoms with Gasteiger partial charge in [0.05, 0.1) is 11.6 Å². The summed E-state index contributed by atoms with van der Waals surface area (Å²) in [6, 6.07) is 2.67. The molecule has 0 aliphatic rings. The molecule has 19 heavy (non-hydrogen) atoms. The molecule has 1 aromatic rings. The van der Waals surface area contributed by atoms with Gasteiger partial charge in [0.2, 0.25) is 5.91 Å². The van der Waals surface area contributed by atoms with E-state index in [0.717, 1.165) is 18.6 Å². The second-order valence-electron chi connectivity index (χ2n) is 4.40. The van der Waals surface area contributed by atoms with Crippen LogP contribution in [-0.2, 0) is 4.79 Å². The molecule has 104 valence electrons. The lowest BCUT2D eigenvalue weighted by Gasteiger charge is -2.17. The predicted octanol–water partition coefficient (Wildman–Crippen LogP) is 1.84. The molecule has 0 saturated heterocycles. The summed E-state index contributed by atoms with van der Waals surface area (Å²) in [4.78, 5) is 22.6. The third-order valence-corrected chi connectivity index (χ3v) is 3.02. The standard InChI is InChI=1S/C13H17FN2O3/c1-3-7(2)11(15)12(17)16-8-4-5-10(14)9(6-8)13(18)19/h4-7,11H,3,15H2,1-2H3,(H,16,17)(H,18,19)/t7-,11-/m0/s1. The summed E-state index contributed by atoms with van der Waals surface area (Å²) in [6.07, 6.45) is 0.748. The van der Waals surface area contributed by atoms with Gasteiger partial charge < -0.3 is 16.2 Å². The average Bonchev–Trinajstić information content (AvgIpc) is 2.38. The Morgan fingerprint density at radius 2 is 2.11 bits per heavy atom. The number of carboxylic acids is 1. The number of hydrogen-bond donors (Lipinski definition) is 3. The first-order valence-corrected chi connectivity index (χ1v) is 5.96. The molecule has 5 nitrogen and oxygen atoms in total. The first-order chi connectivity index (χ1) is 8.86. The van der Waals surface area contributed by atoms with Gasteiger partial charge in [0.15, 0.2) is 0 Å².